The summed E-state index contributed by atoms with van der Waals surface area (Å²) in [5.41, 5.74) is 1.73. The molecular weight excluding hydrogens is 692 g/mol. The van der Waals surface area contributed by atoms with Crippen LogP contribution in [0.25, 0.3) is 0 Å². The van der Waals surface area contributed by atoms with Gasteiger partial charge in [-0.15, -0.1) is 0 Å². The molecule has 0 saturated heterocycles. The zero-order valence-corrected chi connectivity index (χ0v) is 34.5. The second-order valence-corrected chi connectivity index (χ2v) is 15.3. The molecule has 0 radical (unpaired) electrons. The van der Waals surface area contributed by atoms with Crippen molar-refractivity contribution in [2.24, 2.45) is 5.41 Å². The molecule has 0 aromatic rings. The number of hydrogen-bond donors (Lipinski definition) is 0. The van der Waals surface area contributed by atoms with Crippen LogP contribution in [-0.4, -0.2) is 70.4 Å². The number of rotatable bonds is 26. The van der Waals surface area contributed by atoms with E-state index in [-0.39, 0.29) is 57.7 Å². The molecule has 0 amide bonds. The largest absolute Gasteiger partial charge is 0.508 e. The summed E-state index contributed by atoms with van der Waals surface area (Å²) in [6.45, 7) is 9.93. The van der Waals surface area contributed by atoms with Gasteiger partial charge in [0.25, 0.3) is 0 Å². The van der Waals surface area contributed by atoms with Crippen LogP contribution >= 0.6 is 0 Å². The number of hydrogen-bond acceptors (Lipinski definition) is 11. The van der Waals surface area contributed by atoms with E-state index in [0.29, 0.717) is 41.7 Å². The minimum absolute atomic E-state index is 0.00926. The molecule has 2 aliphatic rings. The summed E-state index contributed by atoms with van der Waals surface area (Å²) in [5, 5.41) is 0. The Bertz CT molecular complexity index is 1440. The molecule has 11 heteroatoms. The molecule has 2 aliphatic carbocycles. The van der Waals surface area contributed by atoms with Crippen LogP contribution in [0, 0.1) is 5.41 Å². The minimum atomic E-state index is -0.597. The molecule has 0 aliphatic heterocycles. The highest BCUT2D eigenvalue weighted by molar-refractivity contribution is 6.24. The van der Waals surface area contributed by atoms with E-state index < -0.39 is 6.16 Å². The molecule has 1 unspecified atom stereocenters. The van der Waals surface area contributed by atoms with Crippen LogP contribution in [0.1, 0.15) is 150 Å². The average molecular weight is 759 g/mol. The van der Waals surface area contributed by atoms with E-state index in [2.05, 4.69) is 20.8 Å². The Morgan fingerprint density at radius 2 is 0.833 bits per heavy atom. The second kappa shape index (κ2) is 23.8. The lowest BCUT2D eigenvalue weighted by molar-refractivity contribution is -0.121. The lowest BCUT2D eigenvalue weighted by atomic mass is 9.85. The van der Waals surface area contributed by atoms with Gasteiger partial charge in [-0.05, 0) is 64.2 Å². The van der Waals surface area contributed by atoms with Crippen LogP contribution in [0.5, 0.6) is 0 Å². The Hall–Kier alpha value is -3.89. The Balaban J connectivity index is 1.53. The van der Waals surface area contributed by atoms with Crippen molar-refractivity contribution in [2.45, 2.75) is 156 Å². The van der Waals surface area contributed by atoms with Crippen molar-refractivity contribution in [3.8, 4) is 0 Å². The van der Waals surface area contributed by atoms with Gasteiger partial charge in [-0.3, -0.25) is 19.2 Å². The van der Waals surface area contributed by atoms with Crippen molar-refractivity contribution in [3.63, 3.8) is 0 Å². The van der Waals surface area contributed by atoms with Gasteiger partial charge in [-0.1, -0.05) is 91.4 Å². The number of Topliss-reactive ketones (excluding diaryl/α,β-unsaturated/α-hetero) is 4. The number of methoxy groups -OCH3 is 4. The van der Waals surface area contributed by atoms with Crippen molar-refractivity contribution in [1.29, 1.82) is 0 Å². The van der Waals surface area contributed by atoms with Crippen LogP contribution in [0.2, 0.25) is 0 Å². The summed E-state index contributed by atoms with van der Waals surface area (Å²) < 4.78 is 31.7. The van der Waals surface area contributed by atoms with Crippen molar-refractivity contribution >= 4 is 29.3 Å². The monoisotopic (exact) mass is 758 g/mol. The van der Waals surface area contributed by atoms with Gasteiger partial charge in [-0.25, -0.2) is 4.79 Å². The number of carbonyl (C=O) groups excluding carboxylic acids is 5. The predicted octanol–water partition coefficient (Wildman–Crippen LogP) is 9.52. The van der Waals surface area contributed by atoms with E-state index >= 15 is 0 Å². The normalized spacial score (nSPS) is 16.0. The van der Waals surface area contributed by atoms with Crippen LogP contribution in [0.3, 0.4) is 0 Å². The van der Waals surface area contributed by atoms with Gasteiger partial charge in [0, 0.05) is 22.3 Å². The number of allylic oxidation sites excluding steroid dienone is 4. The van der Waals surface area contributed by atoms with E-state index in [1.165, 1.54) is 28.4 Å². The molecule has 0 aromatic heterocycles. The molecule has 0 aromatic carbocycles. The third-order valence-electron chi connectivity index (χ3n) is 10.3. The highest BCUT2D eigenvalue weighted by Gasteiger charge is 2.35. The molecule has 0 saturated carbocycles. The van der Waals surface area contributed by atoms with Gasteiger partial charge in [0.1, 0.15) is 6.10 Å². The van der Waals surface area contributed by atoms with Crippen molar-refractivity contribution in [3.05, 3.63) is 45.3 Å². The van der Waals surface area contributed by atoms with Crippen molar-refractivity contribution in [1.82, 2.24) is 0 Å². The van der Waals surface area contributed by atoms with Crippen LogP contribution in [0.4, 0.5) is 4.79 Å². The van der Waals surface area contributed by atoms with Gasteiger partial charge in [-0.2, -0.15) is 0 Å². The molecule has 0 N–H and O–H groups in total. The second-order valence-electron chi connectivity index (χ2n) is 15.3. The molecule has 0 bridgehead atoms. The first-order valence-corrected chi connectivity index (χ1v) is 19.8. The highest BCUT2D eigenvalue weighted by atomic mass is 16.7. The SMILES string of the molecule is COC1=C(OC)C(=O)C(CCCCCCCCCCOC(=O)OC(CCCCCCCCCC2=C(C)C(=O)C(OC)=C(OC)C2=O)C(C)(C)C)=C(C)C1=O. The fourth-order valence-corrected chi connectivity index (χ4v) is 6.94. The maximum atomic E-state index is 12.8. The summed E-state index contributed by atoms with van der Waals surface area (Å²) in [6.07, 6.45) is 16.0. The fraction of sp³-hybridized carbons (Fsp3) is 0.698. The standard InChI is InChI=1S/C43H66O11/c1-29-31(36(46)40(51-8)38(49-6)34(29)44)25-21-17-13-10-11-16-20-24-28-53-42(48)54-33(43(3,4)5)27-23-19-15-12-14-18-22-26-32-30(2)35(45)39(50-7)41(52-9)37(32)47/h33H,10-28H2,1-9H3. The van der Waals surface area contributed by atoms with Crippen LogP contribution < -0.4 is 0 Å². The van der Waals surface area contributed by atoms with Gasteiger partial charge in [0.2, 0.25) is 46.2 Å². The quantitative estimate of drug-likeness (QED) is 0.0473. The van der Waals surface area contributed by atoms with Gasteiger partial charge < -0.3 is 28.4 Å². The van der Waals surface area contributed by atoms with Crippen LogP contribution in [0.15, 0.2) is 45.3 Å². The maximum Gasteiger partial charge on any atom is 0.508 e. The molecular formula is C43H66O11. The first-order valence-electron chi connectivity index (χ1n) is 19.8. The summed E-state index contributed by atoms with van der Waals surface area (Å²) in [7, 11) is 5.48. The highest BCUT2D eigenvalue weighted by Crippen LogP contribution is 2.31. The van der Waals surface area contributed by atoms with E-state index in [9.17, 15) is 24.0 Å². The lowest BCUT2D eigenvalue weighted by Gasteiger charge is -2.30. The predicted molar refractivity (Wildman–Crippen MR) is 206 cm³/mol. The summed E-state index contributed by atoms with van der Waals surface area (Å²) in [6, 6.07) is 0. The van der Waals surface area contributed by atoms with Crippen LogP contribution in [-0.2, 0) is 47.6 Å². The Morgan fingerprint density at radius 3 is 1.20 bits per heavy atom. The molecule has 2 rings (SSSR count). The smallest absolute Gasteiger partial charge is 0.489 e. The molecule has 1 atom stereocenters. The minimum Gasteiger partial charge on any atom is -0.489 e. The molecule has 0 heterocycles. The average Bonchev–Trinajstić information content (AvgIpc) is 3.13. The van der Waals surface area contributed by atoms with E-state index in [1.54, 1.807) is 13.8 Å². The van der Waals surface area contributed by atoms with Gasteiger partial charge in [0.05, 0.1) is 35.0 Å². The van der Waals surface area contributed by atoms with Crippen molar-refractivity contribution in [2.75, 3.05) is 35.0 Å². The van der Waals surface area contributed by atoms with E-state index in [1.807, 2.05) is 0 Å². The summed E-state index contributed by atoms with van der Waals surface area (Å²) in [5.74, 6) is -1.15. The maximum absolute atomic E-state index is 12.8. The number of carbonyl (C=O) groups is 5. The van der Waals surface area contributed by atoms with Gasteiger partial charge >= 0.3 is 6.16 Å². The third kappa shape index (κ3) is 13.8. The first kappa shape index (κ1) is 46.3. The first-order chi connectivity index (χ1) is 25.7. The van der Waals surface area contributed by atoms with Crippen molar-refractivity contribution < 1.29 is 52.4 Å². The van der Waals surface area contributed by atoms with Gasteiger partial charge in [0.15, 0.2) is 0 Å². The van der Waals surface area contributed by atoms with E-state index in [0.717, 1.165) is 103 Å². The Labute approximate surface area is 323 Å². The molecule has 0 fully saturated rings. The van der Waals surface area contributed by atoms with E-state index in [4.69, 9.17) is 28.4 Å². The molecule has 304 valence electrons. The number of ketones is 4. The zero-order chi connectivity index (χ0) is 40.3. The lowest BCUT2D eigenvalue weighted by Crippen LogP contribution is -2.32. The summed E-state index contributed by atoms with van der Waals surface area (Å²) >= 11 is 0. The third-order valence-corrected chi connectivity index (χ3v) is 10.3. The topological polar surface area (TPSA) is 141 Å². The zero-order valence-electron chi connectivity index (χ0n) is 34.5. The number of unbranched alkanes of at least 4 members (excludes halogenated alkanes) is 13. The Morgan fingerprint density at radius 1 is 0.500 bits per heavy atom. The molecule has 11 nitrogen and oxygen atoms in total. The summed E-state index contributed by atoms with van der Waals surface area (Å²) in [4.78, 5) is 63.1. The molecule has 54 heavy (non-hydrogen) atoms. The number of ether oxygens (including phenoxy) is 6. The fourth-order valence-electron chi connectivity index (χ4n) is 6.94. The molecule has 0 spiro atoms. The Kier molecular flexibility index (Phi) is 20.4.